The van der Waals surface area contributed by atoms with E-state index in [2.05, 4.69) is 26.0 Å². The summed E-state index contributed by atoms with van der Waals surface area (Å²) >= 11 is 3.43. The van der Waals surface area contributed by atoms with Crippen molar-refractivity contribution in [3.05, 3.63) is 63.8 Å². The Morgan fingerprint density at radius 2 is 2.00 bits per heavy atom. The molecule has 0 radical (unpaired) electrons. The van der Waals surface area contributed by atoms with Crippen LogP contribution in [0.5, 0.6) is 5.75 Å². The number of primary amides is 1. The highest BCUT2D eigenvalue weighted by molar-refractivity contribution is 9.10. The minimum Gasteiger partial charge on any atom is -0.509 e. The van der Waals surface area contributed by atoms with E-state index in [-0.39, 0.29) is 40.5 Å². The van der Waals surface area contributed by atoms with Crippen LogP contribution in [0.3, 0.4) is 0 Å². The number of nitrogens with one attached hydrogen (secondary N) is 1. The zero-order valence-corrected chi connectivity index (χ0v) is 22.3. The molecular formula is C24H26BrN4O6P. The summed E-state index contributed by atoms with van der Waals surface area (Å²) in [6.45, 7) is 5.51. The average molecular weight is 577 g/mol. The van der Waals surface area contributed by atoms with Crippen molar-refractivity contribution >= 4 is 52.1 Å². The molecule has 190 valence electrons. The molecule has 2 aliphatic heterocycles. The molecule has 10 nitrogen and oxygen atoms in total. The van der Waals surface area contributed by atoms with E-state index in [9.17, 15) is 24.2 Å². The zero-order valence-electron chi connectivity index (χ0n) is 19.9. The number of carbonyl (C=O) groups excluding carboxylic acids is 2. The van der Waals surface area contributed by atoms with Crippen LogP contribution in [0.2, 0.25) is 0 Å². The SMILES string of the molecule is CC(C)(C)C1C(O)=C(C2=NP(=O)(O)c3cc(OCC(N)=O)ccc3N2)C(=O)N1Cc1cccc(Br)c1. The number of rotatable bonds is 6. The third-order valence-corrected chi connectivity index (χ3v) is 7.72. The number of fused-ring (bicyclic) bond motifs is 1. The second kappa shape index (κ2) is 9.38. The maximum atomic E-state index is 13.6. The van der Waals surface area contributed by atoms with Crippen molar-refractivity contribution in [1.29, 1.82) is 0 Å². The predicted molar refractivity (Wildman–Crippen MR) is 139 cm³/mol. The van der Waals surface area contributed by atoms with Gasteiger partial charge in [0, 0.05) is 11.0 Å². The zero-order chi connectivity index (χ0) is 26.4. The second-order valence-electron chi connectivity index (χ2n) is 9.64. The minimum atomic E-state index is -4.36. The number of aliphatic hydroxyl groups excluding tert-OH is 1. The molecule has 2 aliphatic rings. The quantitative estimate of drug-likeness (QED) is 0.385. The summed E-state index contributed by atoms with van der Waals surface area (Å²) in [5.74, 6) is -1.45. The molecule has 12 heteroatoms. The maximum absolute atomic E-state index is 13.6. The van der Waals surface area contributed by atoms with Crippen LogP contribution in [-0.2, 0) is 20.7 Å². The van der Waals surface area contributed by atoms with Crippen molar-refractivity contribution in [2.24, 2.45) is 15.9 Å². The van der Waals surface area contributed by atoms with Gasteiger partial charge in [-0.15, -0.1) is 0 Å². The van der Waals surface area contributed by atoms with Crippen LogP contribution >= 0.6 is 23.4 Å². The number of nitrogens with zero attached hydrogens (tertiary/aromatic N) is 2. The number of amidine groups is 1. The molecule has 4 rings (SSSR count). The molecule has 0 aliphatic carbocycles. The van der Waals surface area contributed by atoms with Crippen molar-refractivity contribution in [2.75, 3.05) is 11.9 Å². The first kappa shape index (κ1) is 25.9. The van der Waals surface area contributed by atoms with E-state index in [1.165, 1.54) is 23.1 Å². The highest BCUT2D eigenvalue weighted by atomic mass is 79.9. The molecule has 0 saturated heterocycles. The van der Waals surface area contributed by atoms with Gasteiger partial charge in [-0.05, 0) is 41.3 Å². The van der Waals surface area contributed by atoms with Crippen LogP contribution in [0.15, 0.2) is 63.0 Å². The van der Waals surface area contributed by atoms with E-state index >= 15 is 0 Å². The van der Waals surface area contributed by atoms with Crippen LogP contribution in [-0.4, -0.2) is 45.2 Å². The number of hydrogen-bond acceptors (Lipinski definition) is 6. The van der Waals surface area contributed by atoms with Gasteiger partial charge >= 0.3 is 7.52 Å². The number of amides is 2. The Morgan fingerprint density at radius 1 is 1.28 bits per heavy atom. The van der Waals surface area contributed by atoms with Gasteiger partial charge in [-0.3, -0.25) is 14.2 Å². The fourth-order valence-electron chi connectivity index (χ4n) is 4.31. The summed E-state index contributed by atoms with van der Waals surface area (Å²) in [6, 6.07) is 11.0. The van der Waals surface area contributed by atoms with E-state index in [4.69, 9.17) is 10.5 Å². The molecule has 0 saturated carbocycles. The van der Waals surface area contributed by atoms with Gasteiger partial charge < -0.3 is 30.7 Å². The Labute approximate surface area is 216 Å². The smallest absolute Gasteiger partial charge is 0.346 e. The second-order valence-corrected chi connectivity index (χ2v) is 12.3. The number of carbonyl (C=O) groups is 2. The molecule has 0 spiro atoms. The van der Waals surface area contributed by atoms with Crippen LogP contribution in [0.1, 0.15) is 26.3 Å². The van der Waals surface area contributed by atoms with Crippen LogP contribution < -0.4 is 21.1 Å². The molecule has 2 atom stereocenters. The Bertz CT molecular complexity index is 1370. The Morgan fingerprint density at radius 3 is 2.64 bits per heavy atom. The lowest BCUT2D eigenvalue weighted by Crippen LogP contribution is -2.43. The molecule has 2 aromatic carbocycles. The normalized spacial score (nSPS) is 21.7. The lowest BCUT2D eigenvalue weighted by molar-refractivity contribution is -0.129. The molecule has 2 unspecified atom stereocenters. The molecule has 2 aromatic rings. The van der Waals surface area contributed by atoms with Crippen molar-refractivity contribution in [3.8, 4) is 5.75 Å². The average Bonchev–Trinajstić information content (AvgIpc) is 3.01. The van der Waals surface area contributed by atoms with Gasteiger partial charge in [0.05, 0.1) is 17.0 Å². The summed E-state index contributed by atoms with van der Waals surface area (Å²) in [6.07, 6.45) is 0. The van der Waals surface area contributed by atoms with Crippen molar-refractivity contribution in [3.63, 3.8) is 0 Å². The first-order valence-electron chi connectivity index (χ1n) is 11.0. The van der Waals surface area contributed by atoms with E-state index in [1.807, 2.05) is 45.0 Å². The molecular weight excluding hydrogens is 551 g/mol. The maximum Gasteiger partial charge on any atom is 0.346 e. The summed E-state index contributed by atoms with van der Waals surface area (Å²) in [5.41, 5.74) is 5.46. The highest BCUT2D eigenvalue weighted by Gasteiger charge is 2.48. The Kier molecular flexibility index (Phi) is 6.76. The molecule has 0 fully saturated rings. The van der Waals surface area contributed by atoms with E-state index in [1.54, 1.807) is 0 Å². The van der Waals surface area contributed by atoms with Crippen molar-refractivity contribution < 1.29 is 28.9 Å². The summed E-state index contributed by atoms with van der Waals surface area (Å²) in [7, 11) is -4.36. The van der Waals surface area contributed by atoms with Crippen molar-refractivity contribution in [2.45, 2.75) is 33.4 Å². The largest absolute Gasteiger partial charge is 0.509 e. The van der Waals surface area contributed by atoms with E-state index in [0.717, 1.165) is 10.0 Å². The summed E-state index contributed by atoms with van der Waals surface area (Å²) in [4.78, 5) is 36.9. The summed E-state index contributed by atoms with van der Waals surface area (Å²) < 4.78 is 23.2. The molecule has 36 heavy (non-hydrogen) atoms. The third-order valence-electron chi connectivity index (χ3n) is 5.75. The van der Waals surface area contributed by atoms with Crippen LogP contribution in [0, 0.1) is 5.41 Å². The molecule has 0 aromatic heterocycles. The van der Waals surface area contributed by atoms with Crippen LogP contribution in [0.4, 0.5) is 5.69 Å². The first-order valence-corrected chi connectivity index (χ1v) is 13.4. The number of anilines is 1. The van der Waals surface area contributed by atoms with Gasteiger partial charge in [-0.1, -0.05) is 48.8 Å². The lowest BCUT2D eigenvalue weighted by Gasteiger charge is -2.35. The number of aliphatic hydroxyl groups is 1. The third kappa shape index (κ3) is 5.04. The highest BCUT2D eigenvalue weighted by Crippen LogP contribution is 2.48. The van der Waals surface area contributed by atoms with Crippen LogP contribution in [0.25, 0.3) is 0 Å². The topological polar surface area (TPSA) is 155 Å². The van der Waals surface area contributed by atoms with Gasteiger partial charge in [0.1, 0.15) is 17.1 Å². The molecule has 2 amide bonds. The van der Waals surface area contributed by atoms with Gasteiger partial charge in [0.25, 0.3) is 11.8 Å². The minimum absolute atomic E-state index is 0.0582. The number of ether oxygens (including phenoxy) is 1. The van der Waals surface area contributed by atoms with Crippen molar-refractivity contribution in [1.82, 2.24) is 4.90 Å². The molecule has 0 bridgehead atoms. The number of halogens is 1. The standard InChI is InChI=1S/C24H26BrN4O6P/c1-24(2,3)21-20(31)19(23(32)29(21)11-13-5-4-6-14(25)9-13)22-27-16-8-7-15(35-12-18(26)30)10-17(16)36(33,34)28-22/h4-10,21,31H,11-12H2,1-3H3,(H2,26,30)(H2,27,28,33,34). The first-order chi connectivity index (χ1) is 16.8. The van der Waals surface area contributed by atoms with Gasteiger partial charge in [0.2, 0.25) is 0 Å². The number of hydrogen-bond donors (Lipinski definition) is 4. The Balaban J connectivity index is 1.71. The van der Waals surface area contributed by atoms with Gasteiger partial charge in [-0.2, -0.15) is 4.76 Å². The fraction of sp³-hybridized carbons (Fsp3) is 0.292. The predicted octanol–water partition coefficient (Wildman–Crippen LogP) is 3.22. The lowest BCUT2D eigenvalue weighted by atomic mass is 9.85. The number of nitrogens with two attached hydrogens (primary N) is 1. The molecule has 5 N–H and O–H groups in total. The van der Waals surface area contributed by atoms with E-state index in [0.29, 0.717) is 0 Å². The van der Waals surface area contributed by atoms with Gasteiger partial charge in [0.15, 0.2) is 12.4 Å². The van der Waals surface area contributed by atoms with E-state index < -0.39 is 37.4 Å². The Hall–Kier alpha value is -3.14. The molecule has 2 heterocycles. The fourth-order valence-corrected chi connectivity index (χ4v) is 6.02. The number of benzene rings is 2. The summed E-state index contributed by atoms with van der Waals surface area (Å²) in [5, 5.41) is 14.1. The monoisotopic (exact) mass is 576 g/mol. The van der Waals surface area contributed by atoms with Gasteiger partial charge in [-0.25, -0.2) is 0 Å².